The Balaban J connectivity index is 1.54. The molecule has 0 unspecified atom stereocenters. The second-order valence-electron chi connectivity index (χ2n) is 6.40. The summed E-state index contributed by atoms with van der Waals surface area (Å²) in [6.45, 7) is 4.90. The summed E-state index contributed by atoms with van der Waals surface area (Å²) in [5, 5.41) is 3.50. The highest BCUT2D eigenvalue weighted by molar-refractivity contribution is 5.43. The van der Waals surface area contributed by atoms with Crippen LogP contribution in [0.2, 0.25) is 0 Å². The van der Waals surface area contributed by atoms with Crippen LogP contribution < -0.4 is 14.8 Å². The molecule has 140 valence electrons. The van der Waals surface area contributed by atoms with Crippen molar-refractivity contribution in [2.24, 2.45) is 0 Å². The normalized spacial score (nSPS) is 10.6. The lowest BCUT2D eigenvalue weighted by atomic mass is 10.1. The minimum Gasteiger partial charge on any atom is -0.490 e. The molecule has 3 aromatic carbocycles. The highest BCUT2D eigenvalue weighted by Gasteiger charge is 2.07. The standard InChI is InChI=1S/C24H27NO2/c1-2-26-24-17-22(18-25-16-15-20-9-5-3-6-10-20)13-14-23(24)27-19-21-11-7-4-8-12-21/h3-14,17,25H,2,15-16,18-19H2,1H3. The van der Waals surface area contributed by atoms with E-state index in [0.29, 0.717) is 13.2 Å². The molecule has 0 fully saturated rings. The molecule has 3 heteroatoms. The van der Waals surface area contributed by atoms with Crippen LogP contribution in [0.5, 0.6) is 11.5 Å². The van der Waals surface area contributed by atoms with E-state index in [1.807, 2.05) is 37.3 Å². The minimum atomic E-state index is 0.537. The first-order chi connectivity index (χ1) is 13.3. The number of hydrogen-bond acceptors (Lipinski definition) is 3. The maximum absolute atomic E-state index is 5.97. The summed E-state index contributed by atoms with van der Waals surface area (Å²) in [5.74, 6) is 1.59. The van der Waals surface area contributed by atoms with Crippen LogP contribution in [-0.4, -0.2) is 13.2 Å². The molecule has 0 amide bonds. The van der Waals surface area contributed by atoms with E-state index < -0.39 is 0 Å². The maximum atomic E-state index is 5.97. The quantitative estimate of drug-likeness (QED) is 0.516. The van der Waals surface area contributed by atoms with Crippen molar-refractivity contribution >= 4 is 0 Å². The predicted molar refractivity (Wildman–Crippen MR) is 110 cm³/mol. The van der Waals surface area contributed by atoms with Gasteiger partial charge < -0.3 is 14.8 Å². The van der Waals surface area contributed by atoms with Crippen LogP contribution >= 0.6 is 0 Å². The fraction of sp³-hybridized carbons (Fsp3) is 0.250. The second-order valence-corrected chi connectivity index (χ2v) is 6.40. The number of ether oxygens (including phenoxy) is 2. The van der Waals surface area contributed by atoms with Crippen molar-refractivity contribution in [1.29, 1.82) is 0 Å². The van der Waals surface area contributed by atoms with E-state index in [1.54, 1.807) is 0 Å². The maximum Gasteiger partial charge on any atom is 0.161 e. The monoisotopic (exact) mass is 361 g/mol. The molecule has 0 saturated carbocycles. The van der Waals surface area contributed by atoms with E-state index in [-0.39, 0.29) is 0 Å². The second kappa shape index (κ2) is 10.4. The van der Waals surface area contributed by atoms with Crippen LogP contribution in [0.3, 0.4) is 0 Å². The fourth-order valence-corrected chi connectivity index (χ4v) is 2.90. The zero-order valence-corrected chi connectivity index (χ0v) is 15.9. The van der Waals surface area contributed by atoms with E-state index in [9.17, 15) is 0 Å². The Morgan fingerprint density at radius 1 is 0.704 bits per heavy atom. The van der Waals surface area contributed by atoms with Crippen LogP contribution in [-0.2, 0) is 19.6 Å². The van der Waals surface area contributed by atoms with Crippen molar-refractivity contribution in [3.05, 3.63) is 95.6 Å². The van der Waals surface area contributed by atoms with Crippen LogP contribution in [0, 0.1) is 0 Å². The molecule has 0 aliphatic carbocycles. The van der Waals surface area contributed by atoms with Crippen LogP contribution in [0.15, 0.2) is 78.9 Å². The van der Waals surface area contributed by atoms with Crippen molar-refractivity contribution in [2.75, 3.05) is 13.2 Å². The van der Waals surface area contributed by atoms with Crippen molar-refractivity contribution in [3.8, 4) is 11.5 Å². The lowest BCUT2D eigenvalue weighted by Gasteiger charge is -2.14. The van der Waals surface area contributed by atoms with Gasteiger partial charge in [-0.3, -0.25) is 0 Å². The molecule has 0 aromatic heterocycles. The first kappa shape index (κ1) is 19.0. The SMILES string of the molecule is CCOc1cc(CNCCc2ccccc2)ccc1OCc1ccccc1. The Morgan fingerprint density at radius 3 is 2.11 bits per heavy atom. The van der Waals surface area contributed by atoms with Crippen LogP contribution in [0.25, 0.3) is 0 Å². The molecule has 0 aliphatic rings. The van der Waals surface area contributed by atoms with E-state index in [1.165, 1.54) is 11.1 Å². The third-order valence-electron chi connectivity index (χ3n) is 4.31. The number of rotatable bonds is 10. The van der Waals surface area contributed by atoms with Gasteiger partial charge in [-0.25, -0.2) is 0 Å². The molecular weight excluding hydrogens is 334 g/mol. The van der Waals surface area contributed by atoms with Gasteiger partial charge in [0.05, 0.1) is 6.61 Å². The minimum absolute atomic E-state index is 0.537. The van der Waals surface area contributed by atoms with Crippen LogP contribution in [0.1, 0.15) is 23.6 Å². The third kappa shape index (κ3) is 6.15. The summed E-state index contributed by atoms with van der Waals surface area (Å²) >= 11 is 0. The van der Waals surface area contributed by atoms with Gasteiger partial charge in [0, 0.05) is 6.54 Å². The molecule has 0 atom stereocenters. The van der Waals surface area contributed by atoms with Gasteiger partial charge in [0.25, 0.3) is 0 Å². The zero-order valence-electron chi connectivity index (χ0n) is 15.9. The number of hydrogen-bond donors (Lipinski definition) is 1. The first-order valence-corrected chi connectivity index (χ1v) is 9.52. The molecule has 0 spiro atoms. The lowest BCUT2D eigenvalue weighted by molar-refractivity contribution is 0.269. The van der Waals surface area contributed by atoms with Crippen LogP contribution in [0.4, 0.5) is 0 Å². The Labute approximate surface area is 162 Å². The fourth-order valence-electron chi connectivity index (χ4n) is 2.90. The largest absolute Gasteiger partial charge is 0.490 e. The smallest absolute Gasteiger partial charge is 0.161 e. The summed E-state index contributed by atoms with van der Waals surface area (Å²) in [5.41, 5.74) is 3.69. The molecule has 27 heavy (non-hydrogen) atoms. The lowest BCUT2D eigenvalue weighted by Crippen LogP contribution is -2.16. The molecular formula is C24H27NO2. The average Bonchev–Trinajstić information content (AvgIpc) is 2.72. The van der Waals surface area contributed by atoms with Crippen molar-refractivity contribution in [3.63, 3.8) is 0 Å². The topological polar surface area (TPSA) is 30.5 Å². The van der Waals surface area contributed by atoms with Crippen molar-refractivity contribution in [2.45, 2.75) is 26.5 Å². The first-order valence-electron chi connectivity index (χ1n) is 9.52. The average molecular weight is 361 g/mol. The highest BCUT2D eigenvalue weighted by Crippen LogP contribution is 2.29. The van der Waals surface area contributed by atoms with E-state index in [2.05, 4.69) is 53.8 Å². The molecule has 0 aliphatic heterocycles. The molecule has 3 rings (SSSR count). The predicted octanol–water partition coefficient (Wildman–Crippen LogP) is 5.00. The van der Waals surface area contributed by atoms with Gasteiger partial charge in [-0.2, -0.15) is 0 Å². The number of nitrogens with one attached hydrogen (secondary N) is 1. The molecule has 3 aromatic rings. The van der Waals surface area contributed by atoms with Crippen molar-refractivity contribution < 1.29 is 9.47 Å². The van der Waals surface area contributed by atoms with E-state index in [4.69, 9.17) is 9.47 Å². The molecule has 0 radical (unpaired) electrons. The number of benzene rings is 3. The zero-order chi connectivity index (χ0) is 18.7. The Morgan fingerprint density at radius 2 is 1.41 bits per heavy atom. The molecule has 1 N–H and O–H groups in total. The summed E-state index contributed by atoms with van der Waals surface area (Å²) in [7, 11) is 0. The summed E-state index contributed by atoms with van der Waals surface area (Å²) in [4.78, 5) is 0. The van der Waals surface area contributed by atoms with Gasteiger partial charge in [0.2, 0.25) is 0 Å². The van der Waals surface area contributed by atoms with Gasteiger partial charge in [-0.1, -0.05) is 66.7 Å². The van der Waals surface area contributed by atoms with E-state index >= 15 is 0 Å². The molecule has 3 nitrogen and oxygen atoms in total. The molecule has 0 heterocycles. The Bertz CT molecular complexity index is 803. The van der Waals surface area contributed by atoms with E-state index in [0.717, 1.165) is 36.6 Å². The van der Waals surface area contributed by atoms with Gasteiger partial charge in [0.1, 0.15) is 6.61 Å². The third-order valence-corrected chi connectivity index (χ3v) is 4.31. The van der Waals surface area contributed by atoms with Crippen molar-refractivity contribution in [1.82, 2.24) is 5.32 Å². The molecule has 0 bridgehead atoms. The summed E-state index contributed by atoms with van der Waals surface area (Å²) < 4.78 is 11.8. The summed E-state index contributed by atoms with van der Waals surface area (Å²) in [6, 6.07) is 26.9. The summed E-state index contributed by atoms with van der Waals surface area (Å²) in [6.07, 6.45) is 1.03. The van der Waals surface area contributed by atoms with Gasteiger partial charge in [0.15, 0.2) is 11.5 Å². The Kier molecular flexibility index (Phi) is 7.31. The highest BCUT2D eigenvalue weighted by atomic mass is 16.5. The Hall–Kier alpha value is -2.78. The molecule has 0 saturated heterocycles. The van der Waals surface area contributed by atoms with Gasteiger partial charge in [-0.15, -0.1) is 0 Å². The van der Waals surface area contributed by atoms with Gasteiger partial charge >= 0.3 is 0 Å². The van der Waals surface area contributed by atoms with Gasteiger partial charge in [-0.05, 0) is 48.7 Å².